The van der Waals surface area contributed by atoms with Gasteiger partial charge in [-0.15, -0.1) is 11.3 Å². The lowest BCUT2D eigenvalue weighted by Crippen LogP contribution is -2.44. The van der Waals surface area contributed by atoms with Gasteiger partial charge in [0.15, 0.2) is 0 Å². The number of para-hydroxylation sites is 1. The van der Waals surface area contributed by atoms with Crippen molar-refractivity contribution in [2.75, 3.05) is 49.9 Å². The Hall–Kier alpha value is -1.37. The molecule has 0 spiro atoms. The van der Waals surface area contributed by atoms with Gasteiger partial charge in [0.05, 0.1) is 16.4 Å². The Morgan fingerprint density at radius 1 is 1.07 bits per heavy atom. The highest BCUT2D eigenvalue weighted by Gasteiger charge is 2.26. The quantitative estimate of drug-likeness (QED) is 0.677. The van der Waals surface area contributed by atoms with Gasteiger partial charge in [-0.25, -0.2) is 21.1 Å². The second-order valence-electron chi connectivity index (χ2n) is 6.34. The van der Waals surface area contributed by atoms with Gasteiger partial charge >= 0.3 is 0 Å². The number of rotatable bonds is 6. The molecule has 2 heterocycles. The summed E-state index contributed by atoms with van der Waals surface area (Å²) in [4.78, 5) is 2.02. The predicted octanol–water partition coefficient (Wildman–Crippen LogP) is 1.86. The van der Waals surface area contributed by atoms with Gasteiger partial charge in [0.25, 0.3) is 20.0 Å². The molecule has 1 aromatic heterocycles. The van der Waals surface area contributed by atoms with E-state index < -0.39 is 20.0 Å². The van der Waals surface area contributed by atoms with Crippen LogP contribution in [0.2, 0.25) is 5.02 Å². The summed E-state index contributed by atoms with van der Waals surface area (Å²) in [6.07, 6.45) is 0. The normalized spacial score (nSPS) is 15.8. The lowest BCUT2D eigenvalue weighted by Gasteiger charge is -2.31. The van der Waals surface area contributed by atoms with Gasteiger partial charge in [-0.3, -0.25) is 4.72 Å². The van der Waals surface area contributed by atoms with E-state index >= 15 is 0 Å². The molecule has 0 bridgehead atoms. The molecule has 2 aromatic rings. The van der Waals surface area contributed by atoms with Crippen LogP contribution >= 0.6 is 22.9 Å². The van der Waals surface area contributed by atoms with Gasteiger partial charge in [-0.05, 0) is 24.3 Å². The molecule has 12 heteroatoms. The van der Waals surface area contributed by atoms with Crippen LogP contribution < -0.4 is 14.9 Å². The van der Waals surface area contributed by atoms with Gasteiger partial charge in [-0.2, -0.15) is 0 Å². The van der Waals surface area contributed by atoms with Gasteiger partial charge in [-0.1, -0.05) is 17.7 Å². The molecule has 0 unspecified atom stereocenters. The summed E-state index contributed by atoms with van der Waals surface area (Å²) in [5, 5.41) is 3.69. The van der Waals surface area contributed by atoms with E-state index in [4.69, 9.17) is 11.6 Å². The first-order valence-electron chi connectivity index (χ1n) is 8.42. The molecule has 1 aliphatic heterocycles. The number of benzene rings is 1. The van der Waals surface area contributed by atoms with E-state index in [0.29, 0.717) is 40.8 Å². The van der Waals surface area contributed by atoms with Crippen LogP contribution in [-0.4, -0.2) is 61.4 Å². The first kappa shape index (κ1) is 21.3. The summed E-state index contributed by atoms with van der Waals surface area (Å²) in [5.74, 6) is 0. The first-order chi connectivity index (χ1) is 13.1. The van der Waals surface area contributed by atoms with Gasteiger partial charge < -0.3 is 10.2 Å². The Labute approximate surface area is 174 Å². The maximum Gasteiger partial charge on any atom is 0.271 e. The van der Waals surface area contributed by atoms with Crippen LogP contribution in [0.25, 0.3) is 0 Å². The maximum atomic E-state index is 12.9. The molecule has 0 radical (unpaired) electrons. The molecule has 0 amide bonds. The number of halogens is 1. The van der Waals surface area contributed by atoms with Crippen LogP contribution in [-0.2, 0) is 20.0 Å². The average Bonchev–Trinajstić information content (AvgIpc) is 3.14. The summed E-state index contributed by atoms with van der Waals surface area (Å²) in [6, 6.07) is 7.61. The topological polar surface area (TPSA) is 98.8 Å². The fraction of sp³-hybridized carbons (Fsp3) is 0.375. The van der Waals surface area contributed by atoms with Crippen LogP contribution in [0, 0.1) is 0 Å². The maximum absolute atomic E-state index is 12.9. The highest BCUT2D eigenvalue weighted by atomic mass is 35.5. The minimum Gasteiger partial charge on any atom is -0.366 e. The van der Waals surface area contributed by atoms with Crippen LogP contribution in [0.3, 0.4) is 0 Å². The molecule has 0 aliphatic carbocycles. The minimum atomic E-state index is -3.97. The smallest absolute Gasteiger partial charge is 0.271 e. The molecule has 0 atom stereocenters. The van der Waals surface area contributed by atoms with Crippen molar-refractivity contribution in [3.63, 3.8) is 0 Å². The predicted molar refractivity (Wildman–Crippen MR) is 113 cm³/mol. The molecular formula is C16H21ClN4O4S3. The average molecular weight is 465 g/mol. The molecule has 0 saturated carbocycles. The van der Waals surface area contributed by atoms with Crippen LogP contribution in [0.5, 0.6) is 0 Å². The zero-order chi connectivity index (χ0) is 20.5. The second-order valence-corrected chi connectivity index (χ2v) is 12.1. The van der Waals surface area contributed by atoms with Crippen molar-refractivity contribution >= 4 is 54.4 Å². The fourth-order valence-electron chi connectivity index (χ4n) is 2.77. The van der Waals surface area contributed by atoms with Crippen LogP contribution in [0.15, 0.2) is 38.8 Å². The molecule has 1 fully saturated rings. The van der Waals surface area contributed by atoms with Crippen molar-refractivity contribution in [3.05, 3.63) is 35.4 Å². The molecular weight excluding hydrogens is 444 g/mol. The SMILES string of the molecule is CN(C)S(=O)(=O)c1ccc(S(=O)(=O)Nc2cccc(Cl)c2N2CCNCC2)s1. The molecule has 2 N–H and O–H groups in total. The monoisotopic (exact) mass is 464 g/mol. The number of thiophene rings is 1. The molecule has 8 nitrogen and oxygen atoms in total. The number of hydrogen-bond donors (Lipinski definition) is 2. The van der Waals surface area contributed by atoms with E-state index in [1.807, 2.05) is 4.90 Å². The summed E-state index contributed by atoms with van der Waals surface area (Å²) >= 11 is 7.06. The van der Waals surface area contributed by atoms with Crippen molar-refractivity contribution in [1.82, 2.24) is 9.62 Å². The Kier molecular flexibility index (Phi) is 6.23. The number of anilines is 2. The number of hydrogen-bond acceptors (Lipinski definition) is 7. The molecule has 3 rings (SSSR count). The summed E-state index contributed by atoms with van der Waals surface area (Å²) in [7, 11) is -4.88. The van der Waals surface area contributed by atoms with Gasteiger partial charge in [0.1, 0.15) is 8.42 Å². The van der Waals surface area contributed by atoms with E-state index in [1.165, 1.54) is 26.2 Å². The largest absolute Gasteiger partial charge is 0.366 e. The Morgan fingerprint density at radius 3 is 2.36 bits per heavy atom. The third kappa shape index (κ3) is 4.29. The lowest BCUT2D eigenvalue weighted by molar-refractivity contribution is 0.523. The van der Waals surface area contributed by atoms with Crippen LogP contribution in [0.4, 0.5) is 11.4 Å². The Balaban J connectivity index is 1.94. The highest BCUT2D eigenvalue weighted by Crippen LogP contribution is 2.36. The van der Waals surface area contributed by atoms with E-state index in [9.17, 15) is 16.8 Å². The zero-order valence-electron chi connectivity index (χ0n) is 15.3. The number of sulfonamides is 2. The van der Waals surface area contributed by atoms with Crippen molar-refractivity contribution < 1.29 is 16.8 Å². The Morgan fingerprint density at radius 2 is 1.71 bits per heavy atom. The molecule has 1 aromatic carbocycles. The van der Waals surface area contributed by atoms with E-state index in [1.54, 1.807) is 18.2 Å². The second kappa shape index (κ2) is 8.17. The number of piperazine rings is 1. The van der Waals surface area contributed by atoms with Crippen LogP contribution in [0.1, 0.15) is 0 Å². The number of nitrogens with one attached hydrogen (secondary N) is 2. The van der Waals surface area contributed by atoms with Crippen molar-refractivity contribution in [2.24, 2.45) is 0 Å². The standard InChI is InChI=1S/C16H21ClN4O4S3/c1-20(2)28(24,25)15-7-6-14(26-15)27(22,23)19-13-5-3-4-12(17)16(13)21-10-8-18-9-11-21/h3-7,18-19H,8-11H2,1-2H3. The summed E-state index contributed by atoms with van der Waals surface area (Å²) in [5.41, 5.74) is 0.978. The van der Waals surface area contributed by atoms with Gasteiger partial charge in [0, 0.05) is 40.3 Å². The lowest BCUT2D eigenvalue weighted by atomic mass is 10.2. The number of nitrogens with zero attached hydrogens (tertiary/aromatic N) is 2. The molecule has 28 heavy (non-hydrogen) atoms. The van der Waals surface area contributed by atoms with E-state index in [-0.39, 0.29) is 8.42 Å². The molecule has 1 saturated heterocycles. The van der Waals surface area contributed by atoms with Crippen molar-refractivity contribution in [2.45, 2.75) is 8.42 Å². The van der Waals surface area contributed by atoms with E-state index in [0.717, 1.165) is 17.4 Å². The Bertz CT molecular complexity index is 1060. The first-order valence-corrected chi connectivity index (χ1v) is 12.5. The fourth-order valence-corrected chi connectivity index (χ4v) is 7.06. The third-order valence-corrected chi connectivity index (χ3v) is 9.75. The minimum absolute atomic E-state index is 0.0358. The highest BCUT2D eigenvalue weighted by molar-refractivity contribution is 7.96. The summed E-state index contributed by atoms with van der Waals surface area (Å²) < 4.78 is 53.7. The van der Waals surface area contributed by atoms with Gasteiger partial charge in [0.2, 0.25) is 0 Å². The third-order valence-electron chi connectivity index (χ3n) is 4.22. The summed E-state index contributed by atoms with van der Waals surface area (Å²) in [6.45, 7) is 2.94. The van der Waals surface area contributed by atoms with Crippen molar-refractivity contribution in [1.29, 1.82) is 0 Å². The molecule has 154 valence electrons. The zero-order valence-corrected chi connectivity index (χ0v) is 18.6. The molecule has 1 aliphatic rings. The van der Waals surface area contributed by atoms with E-state index in [2.05, 4.69) is 10.0 Å². The van der Waals surface area contributed by atoms with Crippen molar-refractivity contribution in [3.8, 4) is 0 Å².